The minimum Gasteiger partial charge on any atom is -0.423 e. The Morgan fingerprint density at radius 2 is 2.04 bits per heavy atom. The molecule has 2 aromatic carbocycles. The van der Waals surface area contributed by atoms with Crippen molar-refractivity contribution in [2.45, 2.75) is 13.3 Å². The molecule has 0 spiro atoms. The van der Waals surface area contributed by atoms with E-state index in [0.717, 1.165) is 22.0 Å². The molecule has 2 heterocycles. The quantitative estimate of drug-likeness (QED) is 0.564. The Balaban J connectivity index is 1.62. The normalized spacial score (nSPS) is 11.1. The smallest absolute Gasteiger partial charge is 0.336 e. The maximum absolute atomic E-state index is 12.4. The zero-order valence-corrected chi connectivity index (χ0v) is 13.5. The molecular formula is C19H15N3O3. The summed E-state index contributed by atoms with van der Waals surface area (Å²) in [4.78, 5) is 31.5. The fraction of sp³-hybridized carbons (Fsp3) is 0.105. The molecule has 0 bridgehead atoms. The van der Waals surface area contributed by atoms with Gasteiger partial charge in [0.05, 0.1) is 17.5 Å². The number of carbonyl (C=O) groups excluding carboxylic acids is 1. The Hall–Kier alpha value is -3.41. The van der Waals surface area contributed by atoms with Crippen molar-refractivity contribution in [2.75, 3.05) is 5.32 Å². The largest absolute Gasteiger partial charge is 0.423 e. The van der Waals surface area contributed by atoms with E-state index in [0.29, 0.717) is 17.1 Å². The minimum atomic E-state index is -0.468. The van der Waals surface area contributed by atoms with Gasteiger partial charge in [0, 0.05) is 11.5 Å². The summed E-state index contributed by atoms with van der Waals surface area (Å²) in [7, 11) is 0. The van der Waals surface area contributed by atoms with Gasteiger partial charge >= 0.3 is 5.63 Å². The molecule has 0 aliphatic heterocycles. The van der Waals surface area contributed by atoms with Crippen LogP contribution >= 0.6 is 0 Å². The van der Waals surface area contributed by atoms with Gasteiger partial charge in [0.1, 0.15) is 5.58 Å². The van der Waals surface area contributed by atoms with Gasteiger partial charge in [0.15, 0.2) is 0 Å². The summed E-state index contributed by atoms with van der Waals surface area (Å²) in [6.07, 6.45) is 0.0577. The van der Waals surface area contributed by atoms with Gasteiger partial charge in [-0.3, -0.25) is 10.1 Å². The third-order valence-electron chi connectivity index (χ3n) is 3.98. The number of benzene rings is 2. The van der Waals surface area contributed by atoms with Crippen LogP contribution in [-0.2, 0) is 11.2 Å². The van der Waals surface area contributed by atoms with Crippen LogP contribution in [0.25, 0.3) is 22.0 Å². The van der Waals surface area contributed by atoms with Crippen molar-refractivity contribution >= 4 is 33.9 Å². The summed E-state index contributed by atoms with van der Waals surface area (Å²) in [6.45, 7) is 1.92. The van der Waals surface area contributed by atoms with E-state index in [2.05, 4.69) is 15.3 Å². The lowest BCUT2D eigenvalue weighted by Crippen LogP contribution is -2.16. The number of carbonyl (C=O) groups is 1. The van der Waals surface area contributed by atoms with E-state index in [1.807, 2.05) is 43.3 Å². The zero-order chi connectivity index (χ0) is 17.4. The number of H-pyrrole nitrogens is 1. The maximum atomic E-state index is 12.4. The van der Waals surface area contributed by atoms with E-state index in [1.54, 1.807) is 6.07 Å². The monoisotopic (exact) mass is 333 g/mol. The number of nitrogens with one attached hydrogen (secondary N) is 2. The summed E-state index contributed by atoms with van der Waals surface area (Å²) in [6, 6.07) is 14.4. The van der Waals surface area contributed by atoms with E-state index in [4.69, 9.17) is 4.42 Å². The van der Waals surface area contributed by atoms with Crippen molar-refractivity contribution in [3.63, 3.8) is 0 Å². The fourth-order valence-electron chi connectivity index (χ4n) is 2.84. The van der Waals surface area contributed by atoms with Gasteiger partial charge in [0.25, 0.3) is 0 Å². The number of rotatable bonds is 3. The Morgan fingerprint density at radius 1 is 1.20 bits per heavy atom. The van der Waals surface area contributed by atoms with Crippen molar-refractivity contribution in [2.24, 2.45) is 0 Å². The molecule has 2 N–H and O–H groups in total. The Labute approximate surface area is 142 Å². The number of anilines is 1. The number of aryl methyl sites for hydroxylation is 1. The van der Waals surface area contributed by atoms with Crippen LogP contribution in [0.3, 0.4) is 0 Å². The molecule has 0 saturated heterocycles. The van der Waals surface area contributed by atoms with E-state index >= 15 is 0 Å². The van der Waals surface area contributed by atoms with Crippen LogP contribution in [0.5, 0.6) is 0 Å². The van der Waals surface area contributed by atoms with Crippen LogP contribution in [0, 0.1) is 6.92 Å². The number of imidazole rings is 1. The molecule has 124 valence electrons. The van der Waals surface area contributed by atoms with Crippen molar-refractivity contribution in [1.82, 2.24) is 9.97 Å². The van der Waals surface area contributed by atoms with Crippen molar-refractivity contribution in [1.29, 1.82) is 0 Å². The lowest BCUT2D eigenvalue weighted by molar-refractivity contribution is -0.115. The molecule has 6 heteroatoms. The Kier molecular flexibility index (Phi) is 3.57. The summed E-state index contributed by atoms with van der Waals surface area (Å²) in [5, 5.41) is 3.49. The van der Waals surface area contributed by atoms with Gasteiger partial charge in [-0.05, 0) is 36.2 Å². The van der Waals surface area contributed by atoms with Crippen LogP contribution in [0.15, 0.2) is 57.7 Å². The number of amides is 1. The molecule has 4 rings (SSSR count). The van der Waals surface area contributed by atoms with Gasteiger partial charge in [-0.2, -0.15) is 0 Å². The SMILES string of the molecule is Cc1ccc2c(CC(=O)Nc3nc4ccccc4[nH]3)cc(=O)oc2c1. The first kappa shape index (κ1) is 15.1. The van der Waals surface area contributed by atoms with Crippen LogP contribution in [0.4, 0.5) is 5.95 Å². The molecule has 0 aliphatic rings. The molecule has 2 aromatic heterocycles. The third kappa shape index (κ3) is 3.01. The first-order valence-electron chi connectivity index (χ1n) is 7.86. The average Bonchev–Trinajstić information content (AvgIpc) is 2.96. The molecule has 0 aliphatic carbocycles. The molecule has 0 unspecified atom stereocenters. The molecule has 0 saturated carbocycles. The average molecular weight is 333 g/mol. The van der Waals surface area contributed by atoms with Crippen LogP contribution in [0.1, 0.15) is 11.1 Å². The molecular weight excluding hydrogens is 318 g/mol. The standard InChI is InChI=1S/C19H15N3O3/c1-11-6-7-13-12(10-18(24)25-16(13)8-11)9-17(23)22-19-20-14-4-2-3-5-15(14)21-19/h2-8,10H,9H2,1H3,(H2,20,21,22,23). The second kappa shape index (κ2) is 5.90. The zero-order valence-electron chi connectivity index (χ0n) is 13.5. The van der Waals surface area contributed by atoms with Crippen LogP contribution < -0.4 is 10.9 Å². The second-order valence-electron chi connectivity index (χ2n) is 5.92. The lowest BCUT2D eigenvalue weighted by Gasteiger charge is -2.06. The van der Waals surface area contributed by atoms with E-state index in [1.165, 1.54) is 6.07 Å². The highest BCUT2D eigenvalue weighted by Crippen LogP contribution is 2.19. The topological polar surface area (TPSA) is 88.0 Å². The first-order chi connectivity index (χ1) is 12.1. The number of aromatic amines is 1. The minimum absolute atomic E-state index is 0.0577. The van der Waals surface area contributed by atoms with Gasteiger partial charge in [-0.1, -0.05) is 24.3 Å². The van der Waals surface area contributed by atoms with Gasteiger partial charge in [0.2, 0.25) is 11.9 Å². The molecule has 25 heavy (non-hydrogen) atoms. The van der Waals surface area contributed by atoms with E-state index in [-0.39, 0.29) is 12.3 Å². The van der Waals surface area contributed by atoms with E-state index in [9.17, 15) is 9.59 Å². The molecule has 6 nitrogen and oxygen atoms in total. The van der Waals surface area contributed by atoms with Crippen molar-refractivity contribution < 1.29 is 9.21 Å². The highest BCUT2D eigenvalue weighted by Gasteiger charge is 2.12. The van der Waals surface area contributed by atoms with Crippen LogP contribution in [-0.4, -0.2) is 15.9 Å². The summed E-state index contributed by atoms with van der Waals surface area (Å²) >= 11 is 0. The third-order valence-corrected chi connectivity index (χ3v) is 3.98. The first-order valence-corrected chi connectivity index (χ1v) is 7.86. The number of hydrogen-bond acceptors (Lipinski definition) is 4. The Bertz CT molecular complexity index is 1120. The highest BCUT2D eigenvalue weighted by molar-refractivity contribution is 5.95. The number of fused-ring (bicyclic) bond motifs is 2. The summed E-state index contributed by atoms with van der Waals surface area (Å²) in [5.74, 6) is 0.126. The molecule has 0 fully saturated rings. The molecule has 4 aromatic rings. The predicted molar refractivity (Wildman–Crippen MR) is 95.6 cm³/mol. The van der Waals surface area contributed by atoms with E-state index < -0.39 is 5.63 Å². The van der Waals surface area contributed by atoms with Gasteiger partial charge in [-0.15, -0.1) is 0 Å². The number of hydrogen-bond donors (Lipinski definition) is 2. The predicted octanol–water partition coefficient (Wildman–Crippen LogP) is 3.16. The lowest BCUT2D eigenvalue weighted by atomic mass is 10.1. The second-order valence-corrected chi connectivity index (χ2v) is 5.92. The number of para-hydroxylation sites is 2. The maximum Gasteiger partial charge on any atom is 0.336 e. The molecule has 0 atom stereocenters. The van der Waals surface area contributed by atoms with Gasteiger partial charge < -0.3 is 9.40 Å². The van der Waals surface area contributed by atoms with Crippen molar-refractivity contribution in [3.05, 3.63) is 70.1 Å². The summed E-state index contributed by atoms with van der Waals surface area (Å²) in [5.41, 5.74) is 3.25. The molecule has 1 amide bonds. The fourth-order valence-corrected chi connectivity index (χ4v) is 2.84. The summed E-state index contributed by atoms with van der Waals surface area (Å²) < 4.78 is 5.22. The molecule has 0 radical (unpaired) electrons. The van der Waals surface area contributed by atoms with Crippen molar-refractivity contribution in [3.8, 4) is 0 Å². The van der Waals surface area contributed by atoms with Gasteiger partial charge in [-0.25, -0.2) is 9.78 Å². The van der Waals surface area contributed by atoms with Crippen LogP contribution in [0.2, 0.25) is 0 Å². The number of nitrogens with zero attached hydrogens (tertiary/aromatic N) is 1. The Morgan fingerprint density at radius 3 is 2.88 bits per heavy atom. The highest BCUT2D eigenvalue weighted by atomic mass is 16.4. The number of aromatic nitrogens is 2.